The Labute approximate surface area is 191 Å². The molecule has 33 heavy (non-hydrogen) atoms. The first-order valence-corrected chi connectivity index (χ1v) is 10.1. The minimum atomic E-state index is -0.569. The third-order valence-electron chi connectivity index (χ3n) is 5.27. The fourth-order valence-electron chi connectivity index (χ4n) is 3.54. The maximum Gasteiger partial charge on any atom is 0.347 e. The largest absolute Gasteiger partial charge is 0.496 e. The van der Waals surface area contributed by atoms with Crippen LogP contribution in [-0.2, 0) is 0 Å². The van der Waals surface area contributed by atoms with Gasteiger partial charge >= 0.3 is 5.97 Å². The second-order valence-corrected chi connectivity index (χ2v) is 7.21. The van der Waals surface area contributed by atoms with Crippen LogP contribution in [0.25, 0.3) is 6.08 Å². The summed E-state index contributed by atoms with van der Waals surface area (Å²) in [5.74, 6) is 1.52. The lowest BCUT2D eigenvalue weighted by molar-refractivity contribution is 0.0729. The summed E-state index contributed by atoms with van der Waals surface area (Å²) >= 11 is 0. The molecule has 168 valence electrons. The number of methoxy groups -OCH3 is 3. The van der Waals surface area contributed by atoms with Gasteiger partial charge in [-0.15, -0.1) is 0 Å². The first-order valence-electron chi connectivity index (χ1n) is 10.1. The zero-order valence-electron chi connectivity index (χ0n) is 18.6. The Morgan fingerprint density at radius 1 is 0.848 bits per heavy atom. The Hall–Kier alpha value is -4.26. The first-order chi connectivity index (χ1) is 16.0. The molecule has 0 amide bonds. The quantitative estimate of drug-likeness (QED) is 0.304. The number of Topliss-reactive ketones (excluding diaryl/α,β-unsaturated/α-hetero) is 1. The molecule has 0 aliphatic carbocycles. The average molecular weight is 446 g/mol. The monoisotopic (exact) mass is 446 g/mol. The Bertz CT molecular complexity index is 1270. The van der Waals surface area contributed by atoms with Crippen molar-refractivity contribution in [3.63, 3.8) is 0 Å². The average Bonchev–Trinajstić information content (AvgIpc) is 3.16. The number of hydrogen-bond acceptors (Lipinski definition) is 7. The van der Waals surface area contributed by atoms with Gasteiger partial charge in [0.2, 0.25) is 5.78 Å². The van der Waals surface area contributed by atoms with E-state index in [1.165, 1.54) is 7.11 Å². The van der Waals surface area contributed by atoms with Crippen LogP contribution in [0.4, 0.5) is 0 Å². The highest BCUT2D eigenvalue weighted by Gasteiger charge is 2.31. The van der Waals surface area contributed by atoms with Gasteiger partial charge in [0, 0.05) is 5.56 Å². The van der Waals surface area contributed by atoms with Crippen molar-refractivity contribution < 1.29 is 33.3 Å². The third-order valence-corrected chi connectivity index (χ3v) is 5.27. The number of carbonyl (C=O) groups is 2. The van der Waals surface area contributed by atoms with Gasteiger partial charge in [-0.1, -0.05) is 18.2 Å². The molecule has 0 radical (unpaired) electrons. The SMILES string of the molecule is COc1ccc(/C=C2\Oc3c(ccc(OC(=O)c4ccccc4OC)c3C)C2=O)cc1OC. The van der Waals surface area contributed by atoms with Crippen molar-refractivity contribution in [1.29, 1.82) is 0 Å². The summed E-state index contributed by atoms with van der Waals surface area (Å²) in [5.41, 5.74) is 1.95. The van der Waals surface area contributed by atoms with Crippen molar-refractivity contribution in [3.05, 3.63) is 82.6 Å². The van der Waals surface area contributed by atoms with Crippen LogP contribution in [-0.4, -0.2) is 33.1 Å². The predicted octanol–water partition coefficient (Wildman–Crippen LogP) is 4.86. The smallest absolute Gasteiger partial charge is 0.347 e. The second kappa shape index (κ2) is 9.08. The number of carbonyl (C=O) groups excluding carboxylic acids is 2. The van der Waals surface area contributed by atoms with Crippen LogP contribution in [0.3, 0.4) is 0 Å². The van der Waals surface area contributed by atoms with E-state index >= 15 is 0 Å². The molecule has 3 aromatic rings. The summed E-state index contributed by atoms with van der Waals surface area (Å²) in [5, 5.41) is 0. The van der Waals surface area contributed by atoms with Gasteiger partial charge in [0.05, 0.1) is 26.9 Å². The standard InChI is InChI=1S/C26H22O7/c1-15-19(33-26(28)17-7-5-6-8-20(17)29-2)12-10-18-24(27)23(32-25(15)18)14-16-9-11-21(30-3)22(13-16)31-4/h5-14H,1-4H3/b23-14-. The van der Waals surface area contributed by atoms with Crippen molar-refractivity contribution in [2.45, 2.75) is 6.92 Å². The molecule has 0 spiro atoms. The van der Waals surface area contributed by atoms with Crippen molar-refractivity contribution in [2.75, 3.05) is 21.3 Å². The Morgan fingerprint density at radius 3 is 2.27 bits per heavy atom. The Kier molecular flexibility index (Phi) is 6.04. The van der Waals surface area contributed by atoms with E-state index < -0.39 is 5.97 Å². The van der Waals surface area contributed by atoms with Crippen LogP contribution in [0.15, 0.2) is 60.4 Å². The van der Waals surface area contributed by atoms with Gasteiger partial charge in [-0.3, -0.25) is 4.79 Å². The lowest BCUT2D eigenvalue weighted by atomic mass is 10.1. The molecule has 0 saturated carbocycles. The van der Waals surface area contributed by atoms with Crippen molar-refractivity contribution in [1.82, 2.24) is 0 Å². The van der Waals surface area contributed by atoms with Crippen molar-refractivity contribution in [3.8, 4) is 28.7 Å². The molecule has 3 aromatic carbocycles. The third kappa shape index (κ3) is 4.13. The summed E-state index contributed by atoms with van der Waals surface area (Å²) in [6, 6.07) is 15.3. The fourth-order valence-corrected chi connectivity index (χ4v) is 3.54. The molecule has 7 nitrogen and oxygen atoms in total. The summed E-state index contributed by atoms with van der Waals surface area (Å²) in [6.45, 7) is 1.73. The number of esters is 1. The molecule has 0 N–H and O–H groups in total. The summed E-state index contributed by atoms with van der Waals surface area (Å²) in [4.78, 5) is 25.6. The second-order valence-electron chi connectivity index (χ2n) is 7.21. The number of rotatable bonds is 6. The minimum absolute atomic E-state index is 0.161. The molecule has 1 aliphatic heterocycles. The number of para-hydroxylation sites is 1. The number of hydrogen-bond donors (Lipinski definition) is 0. The Balaban J connectivity index is 1.61. The summed E-state index contributed by atoms with van der Waals surface area (Å²) < 4.78 is 27.3. The van der Waals surface area contributed by atoms with Crippen LogP contribution in [0, 0.1) is 6.92 Å². The molecule has 4 rings (SSSR count). The number of fused-ring (bicyclic) bond motifs is 1. The van der Waals surface area contributed by atoms with Crippen LogP contribution >= 0.6 is 0 Å². The van der Waals surface area contributed by atoms with Gasteiger partial charge in [-0.2, -0.15) is 0 Å². The van der Waals surface area contributed by atoms with E-state index in [2.05, 4.69) is 0 Å². The molecule has 0 fully saturated rings. The highest BCUT2D eigenvalue weighted by atomic mass is 16.5. The van der Waals surface area contributed by atoms with E-state index in [0.29, 0.717) is 51.0 Å². The van der Waals surface area contributed by atoms with E-state index in [1.54, 1.807) is 81.8 Å². The summed E-state index contributed by atoms with van der Waals surface area (Å²) in [6.07, 6.45) is 1.63. The van der Waals surface area contributed by atoms with Crippen molar-refractivity contribution >= 4 is 17.8 Å². The van der Waals surface area contributed by atoms with Gasteiger partial charge < -0.3 is 23.7 Å². The molecule has 7 heteroatoms. The predicted molar refractivity (Wildman–Crippen MR) is 122 cm³/mol. The zero-order valence-corrected chi connectivity index (χ0v) is 18.6. The van der Waals surface area contributed by atoms with Gasteiger partial charge in [0.1, 0.15) is 22.8 Å². The lowest BCUT2D eigenvalue weighted by Gasteiger charge is -2.11. The van der Waals surface area contributed by atoms with E-state index in [0.717, 1.165) is 0 Å². The molecule has 1 aliphatic rings. The van der Waals surface area contributed by atoms with Crippen molar-refractivity contribution in [2.24, 2.45) is 0 Å². The molecular formula is C26H22O7. The van der Waals surface area contributed by atoms with Crippen LogP contribution in [0.2, 0.25) is 0 Å². The number of ether oxygens (including phenoxy) is 5. The molecule has 0 atom stereocenters. The van der Waals surface area contributed by atoms with Gasteiger partial charge in [-0.05, 0) is 55.0 Å². The zero-order chi connectivity index (χ0) is 23.5. The van der Waals surface area contributed by atoms with Gasteiger partial charge in [0.25, 0.3) is 0 Å². The minimum Gasteiger partial charge on any atom is -0.496 e. The maximum absolute atomic E-state index is 12.9. The number of benzene rings is 3. The maximum atomic E-state index is 12.9. The van der Waals surface area contributed by atoms with E-state index in [-0.39, 0.29) is 11.5 Å². The number of allylic oxidation sites excluding steroid dienone is 1. The first kappa shape index (κ1) is 22.0. The Morgan fingerprint density at radius 2 is 1.55 bits per heavy atom. The normalized spacial score (nSPS) is 13.3. The highest BCUT2D eigenvalue weighted by molar-refractivity contribution is 6.15. The van der Waals surface area contributed by atoms with Crippen LogP contribution in [0.1, 0.15) is 31.8 Å². The van der Waals surface area contributed by atoms with Gasteiger partial charge in [0.15, 0.2) is 17.3 Å². The molecule has 0 saturated heterocycles. The summed E-state index contributed by atoms with van der Waals surface area (Å²) in [7, 11) is 4.58. The fraction of sp³-hybridized carbons (Fsp3) is 0.154. The topological polar surface area (TPSA) is 80.3 Å². The number of ketones is 1. The van der Waals surface area contributed by atoms with Crippen LogP contribution in [0.5, 0.6) is 28.7 Å². The van der Waals surface area contributed by atoms with Crippen LogP contribution < -0.4 is 23.7 Å². The van der Waals surface area contributed by atoms with E-state index in [4.69, 9.17) is 23.7 Å². The van der Waals surface area contributed by atoms with E-state index in [9.17, 15) is 9.59 Å². The molecular weight excluding hydrogens is 424 g/mol. The van der Waals surface area contributed by atoms with Gasteiger partial charge in [-0.25, -0.2) is 4.79 Å². The highest BCUT2D eigenvalue weighted by Crippen LogP contribution is 2.40. The molecule has 0 bridgehead atoms. The van der Waals surface area contributed by atoms with E-state index in [1.807, 2.05) is 0 Å². The molecule has 0 aromatic heterocycles. The molecule has 0 unspecified atom stereocenters. The molecule has 1 heterocycles. The lowest BCUT2D eigenvalue weighted by Crippen LogP contribution is -2.11.